The molecule has 1 aromatic carbocycles. The zero-order valence-electron chi connectivity index (χ0n) is 13.9. The van der Waals surface area contributed by atoms with Gasteiger partial charge < -0.3 is 14.7 Å². The lowest BCUT2D eigenvalue weighted by molar-refractivity contribution is -0.157. The van der Waals surface area contributed by atoms with Gasteiger partial charge in [-0.3, -0.25) is 4.79 Å². The molecule has 1 aliphatic rings. The second kappa shape index (κ2) is 7.28. The van der Waals surface area contributed by atoms with Crippen molar-refractivity contribution in [1.29, 1.82) is 0 Å². The molecule has 25 heavy (non-hydrogen) atoms. The fourth-order valence-electron chi connectivity index (χ4n) is 2.97. The topological polar surface area (TPSA) is 88.7 Å². The summed E-state index contributed by atoms with van der Waals surface area (Å²) in [6.07, 6.45) is 0.251. The summed E-state index contributed by atoms with van der Waals surface area (Å²) in [5, 5.41) is 17.3. The van der Waals surface area contributed by atoms with E-state index in [4.69, 9.17) is 4.74 Å². The third kappa shape index (κ3) is 3.85. The van der Waals surface area contributed by atoms with Crippen molar-refractivity contribution in [3.05, 3.63) is 47.0 Å². The zero-order valence-corrected chi connectivity index (χ0v) is 13.9. The normalized spacial score (nSPS) is 20.7. The van der Waals surface area contributed by atoms with Crippen molar-refractivity contribution in [1.82, 2.24) is 15.2 Å². The lowest BCUT2D eigenvalue weighted by Gasteiger charge is -2.42. The van der Waals surface area contributed by atoms with Crippen molar-refractivity contribution in [2.75, 3.05) is 26.3 Å². The van der Waals surface area contributed by atoms with Crippen LogP contribution in [0.1, 0.15) is 17.0 Å². The van der Waals surface area contributed by atoms with Crippen LogP contribution in [-0.4, -0.2) is 58.1 Å². The molecule has 1 amide bonds. The molecule has 1 aliphatic heterocycles. The van der Waals surface area contributed by atoms with Gasteiger partial charge in [-0.1, -0.05) is 28.5 Å². The molecule has 1 unspecified atom stereocenters. The third-order valence-corrected chi connectivity index (χ3v) is 4.42. The maximum atomic E-state index is 14.0. The first kappa shape index (κ1) is 17.5. The number of aliphatic hydroxyl groups is 1. The van der Waals surface area contributed by atoms with E-state index in [-0.39, 0.29) is 44.3 Å². The van der Waals surface area contributed by atoms with Gasteiger partial charge in [0.1, 0.15) is 22.8 Å². The monoisotopic (exact) mass is 349 g/mol. The molecule has 3 rings (SSSR count). The van der Waals surface area contributed by atoms with E-state index in [1.807, 2.05) is 0 Å². The summed E-state index contributed by atoms with van der Waals surface area (Å²) in [5.41, 5.74) is 0.483. The van der Waals surface area contributed by atoms with Gasteiger partial charge in [0.2, 0.25) is 5.91 Å². The molecule has 0 bridgehead atoms. The van der Waals surface area contributed by atoms with Gasteiger partial charge in [0, 0.05) is 13.0 Å². The number of rotatable bonds is 5. The van der Waals surface area contributed by atoms with Crippen molar-refractivity contribution >= 4 is 5.91 Å². The molecule has 2 heterocycles. The van der Waals surface area contributed by atoms with Crippen LogP contribution in [0.5, 0.6) is 0 Å². The highest BCUT2D eigenvalue weighted by Gasteiger charge is 2.38. The van der Waals surface area contributed by atoms with Crippen LogP contribution in [0.3, 0.4) is 0 Å². The molecule has 1 saturated heterocycles. The lowest BCUT2D eigenvalue weighted by Crippen LogP contribution is -2.57. The van der Waals surface area contributed by atoms with Crippen molar-refractivity contribution in [2.24, 2.45) is 0 Å². The first-order valence-electron chi connectivity index (χ1n) is 8.07. The molecule has 0 saturated carbocycles. The van der Waals surface area contributed by atoms with Crippen LogP contribution in [0.15, 0.2) is 28.9 Å². The Balaban J connectivity index is 1.72. The van der Waals surface area contributed by atoms with Crippen LogP contribution in [0.25, 0.3) is 0 Å². The number of carbonyl (C=O) groups is 1. The number of carbonyl (C=O) groups excluding carboxylic acids is 1. The smallest absolute Gasteiger partial charge is 0.228 e. The van der Waals surface area contributed by atoms with Crippen LogP contribution in [0.4, 0.5) is 4.39 Å². The van der Waals surface area contributed by atoms with Gasteiger partial charge in [-0.05, 0) is 18.6 Å². The van der Waals surface area contributed by atoms with Crippen LogP contribution in [0.2, 0.25) is 0 Å². The van der Waals surface area contributed by atoms with Crippen LogP contribution in [0, 0.1) is 12.7 Å². The zero-order chi connectivity index (χ0) is 17.9. The number of benzene rings is 1. The number of morpholine rings is 1. The minimum absolute atomic E-state index is 0.0660. The first-order chi connectivity index (χ1) is 12.0. The van der Waals surface area contributed by atoms with Gasteiger partial charge in [-0.2, -0.15) is 0 Å². The minimum atomic E-state index is -1.02. The number of hydrogen-bond donors (Lipinski definition) is 1. The average Bonchev–Trinajstić information content (AvgIpc) is 3.02. The largest absolute Gasteiger partial charge is 0.393 e. The molecule has 1 N–H and O–H groups in total. The second-order valence-corrected chi connectivity index (χ2v) is 6.25. The fourth-order valence-corrected chi connectivity index (χ4v) is 2.97. The van der Waals surface area contributed by atoms with Crippen LogP contribution < -0.4 is 0 Å². The maximum absolute atomic E-state index is 14.0. The molecular formula is C17H20FN3O4. The quantitative estimate of drug-likeness (QED) is 0.862. The summed E-state index contributed by atoms with van der Waals surface area (Å²) >= 11 is 0. The summed E-state index contributed by atoms with van der Waals surface area (Å²) < 4.78 is 24.3. The molecule has 0 radical (unpaired) electrons. The summed E-state index contributed by atoms with van der Waals surface area (Å²) in [4.78, 5) is 14.2. The number of aliphatic hydroxyl groups excluding tert-OH is 1. The average molecular weight is 349 g/mol. The highest BCUT2D eigenvalue weighted by Crippen LogP contribution is 2.25. The standard InChI is InChI=1S/C17H20FN3O4/c1-12-15(20-25-19-12)8-16(23)21-6-7-24-17(10-21,11-22)9-13-4-2-3-5-14(13)18/h2-5,22H,6-11H2,1H3. The van der Waals surface area contributed by atoms with Gasteiger partial charge in [-0.25, -0.2) is 9.02 Å². The number of halogens is 1. The summed E-state index contributed by atoms with van der Waals surface area (Å²) in [7, 11) is 0. The summed E-state index contributed by atoms with van der Waals surface area (Å²) in [6.45, 7) is 2.27. The number of ether oxygens (including phenoxy) is 1. The Labute approximate surface area is 144 Å². The van der Waals surface area contributed by atoms with E-state index < -0.39 is 5.60 Å². The molecule has 0 aliphatic carbocycles. The Hall–Kier alpha value is -2.32. The number of hydrogen-bond acceptors (Lipinski definition) is 6. The van der Waals surface area contributed by atoms with Gasteiger partial charge in [-0.15, -0.1) is 0 Å². The Morgan fingerprint density at radius 3 is 2.88 bits per heavy atom. The molecule has 1 aromatic heterocycles. The van der Waals surface area contributed by atoms with Crippen LogP contribution in [-0.2, 0) is 22.4 Å². The fraction of sp³-hybridized carbons (Fsp3) is 0.471. The van der Waals surface area contributed by atoms with Crippen molar-refractivity contribution < 1.29 is 23.7 Å². The lowest BCUT2D eigenvalue weighted by atomic mass is 9.92. The van der Waals surface area contributed by atoms with Crippen molar-refractivity contribution in [3.8, 4) is 0 Å². The van der Waals surface area contributed by atoms with Gasteiger partial charge in [0.25, 0.3) is 0 Å². The van der Waals surface area contributed by atoms with Crippen molar-refractivity contribution in [3.63, 3.8) is 0 Å². The molecule has 7 nitrogen and oxygen atoms in total. The Morgan fingerprint density at radius 2 is 2.20 bits per heavy atom. The number of nitrogens with zero attached hydrogens (tertiary/aromatic N) is 3. The highest BCUT2D eigenvalue weighted by atomic mass is 19.1. The highest BCUT2D eigenvalue weighted by molar-refractivity contribution is 5.78. The Bertz CT molecular complexity index is 751. The van der Waals surface area contributed by atoms with Crippen molar-refractivity contribution in [2.45, 2.75) is 25.4 Å². The SMILES string of the molecule is Cc1nonc1CC(=O)N1CCOC(CO)(Cc2ccccc2F)C1. The molecule has 2 aromatic rings. The summed E-state index contributed by atoms with van der Waals surface area (Å²) in [5.74, 6) is -0.514. The number of amides is 1. The minimum Gasteiger partial charge on any atom is -0.393 e. The number of aryl methyl sites for hydroxylation is 1. The Kier molecular flexibility index (Phi) is 5.10. The van der Waals surface area contributed by atoms with Gasteiger partial charge in [0.15, 0.2) is 0 Å². The van der Waals surface area contributed by atoms with E-state index >= 15 is 0 Å². The van der Waals surface area contributed by atoms with E-state index in [0.29, 0.717) is 23.5 Å². The maximum Gasteiger partial charge on any atom is 0.228 e. The second-order valence-electron chi connectivity index (χ2n) is 6.25. The molecule has 1 fully saturated rings. The molecule has 134 valence electrons. The van der Waals surface area contributed by atoms with E-state index in [0.717, 1.165) is 0 Å². The van der Waals surface area contributed by atoms with Gasteiger partial charge >= 0.3 is 0 Å². The Morgan fingerprint density at radius 1 is 1.40 bits per heavy atom. The predicted octanol–water partition coefficient (Wildman–Crippen LogP) is 0.892. The molecular weight excluding hydrogens is 329 g/mol. The van der Waals surface area contributed by atoms with E-state index in [1.54, 1.807) is 30.0 Å². The van der Waals surface area contributed by atoms with Crippen LogP contribution >= 0.6 is 0 Å². The summed E-state index contributed by atoms with van der Waals surface area (Å²) in [6, 6.07) is 6.36. The van der Waals surface area contributed by atoms with E-state index in [2.05, 4.69) is 14.9 Å². The number of aromatic nitrogens is 2. The van der Waals surface area contributed by atoms with Gasteiger partial charge in [0.05, 0.1) is 26.2 Å². The first-order valence-corrected chi connectivity index (χ1v) is 8.07. The molecule has 8 heteroatoms. The molecule has 0 spiro atoms. The third-order valence-electron chi connectivity index (χ3n) is 4.42. The van der Waals surface area contributed by atoms with E-state index in [9.17, 15) is 14.3 Å². The van der Waals surface area contributed by atoms with E-state index in [1.165, 1.54) is 6.07 Å². The predicted molar refractivity (Wildman–Crippen MR) is 85.2 cm³/mol. The molecule has 1 atom stereocenters.